The van der Waals surface area contributed by atoms with E-state index in [4.69, 9.17) is 9.84 Å². The van der Waals surface area contributed by atoms with Gasteiger partial charge in [-0.2, -0.15) is 11.8 Å². The molecule has 1 heterocycles. The summed E-state index contributed by atoms with van der Waals surface area (Å²) in [7, 11) is 0. The first-order chi connectivity index (χ1) is 11.3. The van der Waals surface area contributed by atoms with E-state index < -0.39 is 5.97 Å². The fourth-order valence-corrected chi connectivity index (χ4v) is 5.40. The van der Waals surface area contributed by atoms with Crippen LogP contribution >= 0.6 is 11.8 Å². The Kier molecular flexibility index (Phi) is 9.43. The number of carbonyl (C=O) groups is 1. The molecule has 1 aliphatic heterocycles. The van der Waals surface area contributed by atoms with E-state index in [0.717, 1.165) is 43.8 Å². The molecule has 0 aromatic carbocycles. The molecule has 23 heavy (non-hydrogen) atoms. The van der Waals surface area contributed by atoms with Crippen LogP contribution in [0.3, 0.4) is 0 Å². The Morgan fingerprint density at radius 2 is 1.70 bits per heavy atom. The van der Waals surface area contributed by atoms with Gasteiger partial charge in [-0.3, -0.25) is 4.79 Å². The first-order valence-corrected chi connectivity index (χ1v) is 10.8. The van der Waals surface area contributed by atoms with Gasteiger partial charge in [-0.15, -0.1) is 0 Å². The van der Waals surface area contributed by atoms with Crippen LogP contribution in [0.15, 0.2) is 0 Å². The molecule has 4 heteroatoms. The normalized spacial score (nSPS) is 25.7. The summed E-state index contributed by atoms with van der Waals surface area (Å²) < 4.78 is 5.73. The lowest BCUT2D eigenvalue weighted by Gasteiger charge is -2.22. The molecule has 1 saturated carbocycles. The van der Waals surface area contributed by atoms with Gasteiger partial charge in [0.25, 0.3) is 0 Å². The molecule has 0 aromatic heterocycles. The maximum Gasteiger partial charge on any atom is 0.303 e. The summed E-state index contributed by atoms with van der Waals surface area (Å²) in [4.78, 5) is 10.5. The highest BCUT2D eigenvalue weighted by Gasteiger charge is 2.27. The van der Waals surface area contributed by atoms with E-state index in [2.05, 4.69) is 11.8 Å². The maximum atomic E-state index is 10.5. The Morgan fingerprint density at radius 1 is 0.957 bits per heavy atom. The molecule has 0 spiro atoms. The summed E-state index contributed by atoms with van der Waals surface area (Å²) in [5.74, 6) is 4.45. The molecule has 1 N–H and O–H groups in total. The van der Waals surface area contributed by atoms with E-state index in [1.54, 1.807) is 0 Å². The number of carboxylic acids is 1. The van der Waals surface area contributed by atoms with Crippen LogP contribution in [0.2, 0.25) is 0 Å². The monoisotopic (exact) mass is 342 g/mol. The van der Waals surface area contributed by atoms with Crippen LogP contribution in [0.5, 0.6) is 0 Å². The summed E-state index contributed by atoms with van der Waals surface area (Å²) in [6, 6.07) is 0. The van der Waals surface area contributed by atoms with Crippen LogP contribution in [-0.2, 0) is 9.53 Å². The van der Waals surface area contributed by atoms with Gasteiger partial charge in [0.2, 0.25) is 0 Å². The van der Waals surface area contributed by atoms with Crippen molar-refractivity contribution in [3.63, 3.8) is 0 Å². The Bertz CT molecular complexity index is 329. The fourth-order valence-electron chi connectivity index (χ4n) is 3.92. The van der Waals surface area contributed by atoms with E-state index in [-0.39, 0.29) is 0 Å². The van der Waals surface area contributed by atoms with E-state index in [9.17, 15) is 4.79 Å². The van der Waals surface area contributed by atoms with Crippen molar-refractivity contribution in [3.05, 3.63) is 0 Å². The van der Waals surface area contributed by atoms with Crippen molar-refractivity contribution in [2.75, 3.05) is 24.7 Å². The number of hydrogen-bond acceptors (Lipinski definition) is 3. The lowest BCUT2D eigenvalue weighted by atomic mass is 9.91. The quantitative estimate of drug-likeness (QED) is 0.537. The molecule has 2 rings (SSSR count). The molecule has 1 saturated heterocycles. The second-order valence-corrected chi connectivity index (χ2v) is 8.52. The molecule has 2 atom stereocenters. The molecule has 0 bridgehead atoms. The zero-order valence-electron chi connectivity index (χ0n) is 14.5. The highest BCUT2D eigenvalue weighted by atomic mass is 32.2. The smallest absolute Gasteiger partial charge is 0.303 e. The summed E-state index contributed by atoms with van der Waals surface area (Å²) in [6.07, 6.45) is 13.1. The highest BCUT2D eigenvalue weighted by molar-refractivity contribution is 7.99. The molecule has 0 unspecified atom stereocenters. The van der Waals surface area contributed by atoms with Crippen molar-refractivity contribution >= 4 is 17.7 Å². The van der Waals surface area contributed by atoms with Gasteiger partial charge in [0.05, 0.1) is 6.61 Å². The van der Waals surface area contributed by atoms with Gasteiger partial charge >= 0.3 is 5.97 Å². The minimum atomic E-state index is -0.663. The summed E-state index contributed by atoms with van der Waals surface area (Å²) in [5, 5.41) is 8.64. The van der Waals surface area contributed by atoms with Gasteiger partial charge < -0.3 is 9.84 Å². The first-order valence-electron chi connectivity index (χ1n) is 9.63. The zero-order valence-corrected chi connectivity index (χ0v) is 15.3. The highest BCUT2D eigenvalue weighted by Crippen LogP contribution is 2.32. The predicted molar refractivity (Wildman–Crippen MR) is 97.0 cm³/mol. The van der Waals surface area contributed by atoms with E-state index >= 15 is 0 Å². The number of thioether (sulfide) groups is 1. The zero-order chi connectivity index (χ0) is 16.3. The molecule has 2 aliphatic rings. The second kappa shape index (κ2) is 11.4. The third-order valence-corrected chi connectivity index (χ3v) is 6.83. The molecule has 0 radical (unpaired) electrons. The van der Waals surface area contributed by atoms with Gasteiger partial charge in [-0.1, -0.05) is 38.5 Å². The predicted octanol–water partition coefficient (Wildman–Crippen LogP) is 4.99. The Hall–Kier alpha value is -0.220. The summed E-state index contributed by atoms with van der Waals surface area (Å²) >= 11 is 2.17. The van der Waals surface area contributed by atoms with Crippen molar-refractivity contribution in [1.29, 1.82) is 0 Å². The van der Waals surface area contributed by atoms with Crippen LogP contribution in [0.4, 0.5) is 0 Å². The van der Waals surface area contributed by atoms with Crippen LogP contribution in [0, 0.1) is 17.8 Å². The molecule has 134 valence electrons. The molecule has 1 aliphatic carbocycles. The van der Waals surface area contributed by atoms with Crippen molar-refractivity contribution in [1.82, 2.24) is 0 Å². The minimum Gasteiger partial charge on any atom is -0.481 e. The Morgan fingerprint density at radius 3 is 2.48 bits per heavy atom. The van der Waals surface area contributed by atoms with Crippen molar-refractivity contribution in [2.45, 2.75) is 70.6 Å². The maximum absolute atomic E-state index is 10.5. The summed E-state index contributed by atoms with van der Waals surface area (Å²) in [6.45, 7) is 1.91. The molecule has 0 aromatic rings. The van der Waals surface area contributed by atoms with Crippen LogP contribution in [0.25, 0.3) is 0 Å². The van der Waals surface area contributed by atoms with E-state index in [1.807, 2.05) is 0 Å². The third-order valence-electron chi connectivity index (χ3n) is 5.46. The third kappa shape index (κ3) is 7.93. The number of carboxylic acid groups (broad SMARTS) is 1. The van der Waals surface area contributed by atoms with Gasteiger partial charge in [-0.05, 0) is 54.9 Å². The van der Waals surface area contributed by atoms with E-state index in [0.29, 0.717) is 6.42 Å². The SMILES string of the molecule is O=C(O)CCCCCC[C@H]1COC[C@H]1CSCC1CCCCC1. The number of aliphatic carboxylic acids is 1. The molecule has 0 amide bonds. The fraction of sp³-hybridized carbons (Fsp3) is 0.947. The number of hydrogen-bond donors (Lipinski definition) is 1. The van der Waals surface area contributed by atoms with Gasteiger partial charge in [0.1, 0.15) is 0 Å². The Balaban J connectivity index is 1.51. The van der Waals surface area contributed by atoms with Crippen LogP contribution in [-0.4, -0.2) is 35.8 Å². The minimum absolute atomic E-state index is 0.326. The lowest BCUT2D eigenvalue weighted by Crippen LogP contribution is -2.17. The van der Waals surface area contributed by atoms with Gasteiger partial charge in [-0.25, -0.2) is 0 Å². The van der Waals surface area contributed by atoms with Gasteiger partial charge in [0, 0.05) is 13.0 Å². The van der Waals surface area contributed by atoms with Crippen LogP contribution in [0.1, 0.15) is 70.6 Å². The van der Waals surface area contributed by atoms with Gasteiger partial charge in [0.15, 0.2) is 0 Å². The first kappa shape index (κ1) is 19.1. The van der Waals surface area contributed by atoms with E-state index in [1.165, 1.54) is 62.9 Å². The average molecular weight is 343 g/mol. The number of ether oxygens (including phenoxy) is 1. The number of unbranched alkanes of at least 4 members (excludes halogenated alkanes) is 3. The lowest BCUT2D eigenvalue weighted by molar-refractivity contribution is -0.137. The standard InChI is InChI=1S/C19H34O3S/c20-19(21)11-7-2-1-6-10-17-12-22-13-18(17)15-23-14-16-8-4-3-5-9-16/h16-18H,1-15H2,(H,20,21)/t17-,18-/m0/s1. The second-order valence-electron chi connectivity index (χ2n) is 7.45. The molecular weight excluding hydrogens is 308 g/mol. The van der Waals surface area contributed by atoms with Crippen molar-refractivity contribution < 1.29 is 14.6 Å². The largest absolute Gasteiger partial charge is 0.481 e. The molecule has 3 nitrogen and oxygen atoms in total. The van der Waals surface area contributed by atoms with Crippen molar-refractivity contribution in [2.24, 2.45) is 17.8 Å². The molecule has 2 fully saturated rings. The van der Waals surface area contributed by atoms with Crippen molar-refractivity contribution in [3.8, 4) is 0 Å². The molecular formula is C19H34O3S. The van der Waals surface area contributed by atoms with Crippen LogP contribution < -0.4 is 0 Å². The number of rotatable bonds is 11. The topological polar surface area (TPSA) is 46.5 Å². The Labute approximate surface area is 145 Å². The summed E-state index contributed by atoms with van der Waals surface area (Å²) in [5.41, 5.74) is 0. The average Bonchev–Trinajstić information content (AvgIpc) is 2.99.